The predicted molar refractivity (Wildman–Crippen MR) is 73.6 cm³/mol. The van der Waals surface area contributed by atoms with Crippen molar-refractivity contribution in [3.8, 4) is 5.75 Å². The van der Waals surface area contributed by atoms with Crippen LogP contribution in [-0.4, -0.2) is 23.9 Å². The van der Waals surface area contributed by atoms with E-state index in [1.807, 2.05) is 30.3 Å². The van der Waals surface area contributed by atoms with E-state index < -0.39 is 0 Å². The van der Waals surface area contributed by atoms with Gasteiger partial charge >= 0.3 is 0 Å². The fraction of sp³-hybridized carbons (Fsp3) is 0.231. The third kappa shape index (κ3) is 2.68. The van der Waals surface area contributed by atoms with Gasteiger partial charge in [0.1, 0.15) is 5.75 Å². The van der Waals surface area contributed by atoms with Crippen LogP contribution in [0.1, 0.15) is 17.2 Å². The number of hydrogen-bond donors (Lipinski definition) is 1. The third-order valence-electron chi connectivity index (χ3n) is 2.76. The number of benzene rings is 1. The molecular weight excluding hydrogens is 294 g/mol. The number of rotatable bonds is 4. The molecule has 0 fully saturated rings. The summed E-state index contributed by atoms with van der Waals surface area (Å²) in [7, 11) is 1.64. The second-order valence-electron chi connectivity index (χ2n) is 3.83. The summed E-state index contributed by atoms with van der Waals surface area (Å²) < 4.78 is 6.12. The Hall–Kier alpha value is -1.46. The van der Waals surface area contributed by atoms with Gasteiger partial charge in [-0.25, -0.2) is 0 Å². The molecule has 1 unspecified atom stereocenters. The molecular formula is C13H14BrN3O. The van der Waals surface area contributed by atoms with Gasteiger partial charge in [0.15, 0.2) is 0 Å². The number of halogens is 1. The highest BCUT2D eigenvalue weighted by molar-refractivity contribution is 9.10. The molecule has 0 bridgehead atoms. The smallest absolute Gasteiger partial charge is 0.133 e. The molecule has 0 saturated heterocycles. The van der Waals surface area contributed by atoms with Crippen molar-refractivity contribution in [2.45, 2.75) is 5.92 Å². The Balaban J connectivity index is 2.37. The van der Waals surface area contributed by atoms with E-state index in [1.165, 1.54) is 0 Å². The van der Waals surface area contributed by atoms with Gasteiger partial charge in [0, 0.05) is 18.7 Å². The van der Waals surface area contributed by atoms with Crippen molar-refractivity contribution >= 4 is 15.9 Å². The third-order valence-corrected chi connectivity index (χ3v) is 3.38. The van der Waals surface area contributed by atoms with Crippen molar-refractivity contribution in [2.24, 2.45) is 5.73 Å². The Morgan fingerprint density at radius 3 is 2.78 bits per heavy atom. The standard InChI is InChI=1S/C13H14BrN3O/c1-18-13-5-4-9(7-11(13)14)10(8-15)12-3-2-6-16-17-12/h2-7,10H,8,15H2,1H3. The molecule has 0 aliphatic carbocycles. The predicted octanol–water partition coefficient (Wildman–Crippen LogP) is 2.34. The largest absolute Gasteiger partial charge is 0.496 e. The summed E-state index contributed by atoms with van der Waals surface area (Å²) in [4.78, 5) is 0. The molecule has 0 aliphatic rings. The molecule has 0 radical (unpaired) electrons. The molecule has 4 nitrogen and oxygen atoms in total. The molecule has 18 heavy (non-hydrogen) atoms. The highest BCUT2D eigenvalue weighted by Crippen LogP contribution is 2.30. The van der Waals surface area contributed by atoms with Crippen LogP contribution in [0.4, 0.5) is 0 Å². The maximum atomic E-state index is 5.84. The van der Waals surface area contributed by atoms with E-state index in [2.05, 4.69) is 26.1 Å². The van der Waals surface area contributed by atoms with Crippen LogP contribution in [-0.2, 0) is 0 Å². The summed E-state index contributed by atoms with van der Waals surface area (Å²) in [5.41, 5.74) is 7.80. The van der Waals surface area contributed by atoms with E-state index in [0.29, 0.717) is 6.54 Å². The van der Waals surface area contributed by atoms with E-state index in [1.54, 1.807) is 13.3 Å². The van der Waals surface area contributed by atoms with E-state index in [4.69, 9.17) is 10.5 Å². The number of methoxy groups -OCH3 is 1. The Kier molecular flexibility index (Phi) is 4.28. The first-order chi connectivity index (χ1) is 8.76. The molecule has 1 aromatic carbocycles. The van der Waals surface area contributed by atoms with E-state index >= 15 is 0 Å². The fourth-order valence-electron chi connectivity index (χ4n) is 1.83. The first kappa shape index (κ1) is 13.0. The topological polar surface area (TPSA) is 61.0 Å². The number of nitrogens with two attached hydrogens (primary N) is 1. The van der Waals surface area contributed by atoms with Gasteiger partial charge in [-0.3, -0.25) is 0 Å². The van der Waals surface area contributed by atoms with Crippen LogP contribution >= 0.6 is 15.9 Å². The van der Waals surface area contributed by atoms with Crippen LogP contribution in [0.15, 0.2) is 41.0 Å². The maximum absolute atomic E-state index is 5.84. The molecule has 1 heterocycles. The highest BCUT2D eigenvalue weighted by Gasteiger charge is 2.15. The average molecular weight is 308 g/mol. The van der Waals surface area contributed by atoms with Gasteiger partial charge in [0.2, 0.25) is 0 Å². The molecule has 5 heteroatoms. The normalized spacial score (nSPS) is 12.2. The number of nitrogens with zero attached hydrogens (tertiary/aromatic N) is 2. The van der Waals surface area contributed by atoms with Crippen LogP contribution in [0.25, 0.3) is 0 Å². The summed E-state index contributed by atoms with van der Waals surface area (Å²) in [6.45, 7) is 0.484. The zero-order valence-electron chi connectivity index (χ0n) is 10.0. The quantitative estimate of drug-likeness (QED) is 0.942. The van der Waals surface area contributed by atoms with Crippen LogP contribution < -0.4 is 10.5 Å². The van der Waals surface area contributed by atoms with E-state index in [-0.39, 0.29) is 5.92 Å². The Morgan fingerprint density at radius 1 is 1.39 bits per heavy atom. The second-order valence-corrected chi connectivity index (χ2v) is 4.69. The van der Waals surface area contributed by atoms with Crippen molar-refractivity contribution < 1.29 is 4.74 Å². The lowest BCUT2D eigenvalue weighted by Gasteiger charge is -2.15. The van der Waals surface area contributed by atoms with Gasteiger partial charge in [-0.05, 0) is 45.8 Å². The molecule has 0 spiro atoms. The second kappa shape index (κ2) is 5.93. The zero-order valence-corrected chi connectivity index (χ0v) is 11.6. The first-order valence-electron chi connectivity index (χ1n) is 5.57. The lowest BCUT2D eigenvalue weighted by molar-refractivity contribution is 0.412. The summed E-state index contributed by atoms with van der Waals surface area (Å²) in [5, 5.41) is 8.02. The minimum Gasteiger partial charge on any atom is -0.496 e. The Labute approximate surface area is 114 Å². The van der Waals surface area contributed by atoms with Gasteiger partial charge in [0.05, 0.1) is 17.3 Å². The molecule has 2 rings (SSSR count). The van der Waals surface area contributed by atoms with Crippen LogP contribution in [0.2, 0.25) is 0 Å². The van der Waals surface area contributed by atoms with Crippen molar-refractivity contribution in [2.75, 3.05) is 13.7 Å². The summed E-state index contributed by atoms with van der Waals surface area (Å²) >= 11 is 3.48. The van der Waals surface area contributed by atoms with Crippen LogP contribution in [0.3, 0.4) is 0 Å². The van der Waals surface area contributed by atoms with Gasteiger partial charge in [-0.1, -0.05) is 6.07 Å². The molecule has 2 aromatic rings. The summed E-state index contributed by atoms with van der Waals surface area (Å²) in [6, 6.07) is 9.71. The first-order valence-corrected chi connectivity index (χ1v) is 6.36. The SMILES string of the molecule is COc1ccc(C(CN)c2cccnn2)cc1Br. The number of hydrogen-bond acceptors (Lipinski definition) is 4. The van der Waals surface area contributed by atoms with E-state index in [9.17, 15) is 0 Å². The lowest BCUT2D eigenvalue weighted by Crippen LogP contribution is -2.15. The van der Waals surface area contributed by atoms with Crippen LogP contribution in [0, 0.1) is 0 Å². The minimum atomic E-state index is 0.0425. The summed E-state index contributed by atoms with van der Waals surface area (Å²) in [6.07, 6.45) is 1.65. The lowest BCUT2D eigenvalue weighted by atomic mass is 9.95. The molecule has 0 saturated carbocycles. The maximum Gasteiger partial charge on any atom is 0.133 e. The Bertz CT molecular complexity index is 519. The molecule has 2 N–H and O–H groups in total. The molecule has 0 amide bonds. The fourth-order valence-corrected chi connectivity index (χ4v) is 2.38. The van der Waals surface area contributed by atoms with Crippen molar-refractivity contribution in [3.05, 3.63) is 52.3 Å². The van der Waals surface area contributed by atoms with Crippen molar-refractivity contribution in [3.63, 3.8) is 0 Å². The van der Waals surface area contributed by atoms with Gasteiger partial charge < -0.3 is 10.5 Å². The minimum absolute atomic E-state index is 0.0425. The van der Waals surface area contributed by atoms with Crippen molar-refractivity contribution in [1.82, 2.24) is 10.2 Å². The van der Waals surface area contributed by atoms with E-state index in [0.717, 1.165) is 21.5 Å². The highest BCUT2D eigenvalue weighted by atomic mass is 79.9. The molecule has 1 atom stereocenters. The van der Waals surface area contributed by atoms with Gasteiger partial charge in [0.25, 0.3) is 0 Å². The van der Waals surface area contributed by atoms with Crippen molar-refractivity contribution in [1.29, 1.82) is 0 Å². The number of ether oxygens (including phenoxy) is 1. The zero-order chi connectivity index (χ0) is 13.0. The van der Waals surface area contributed by atoms with Gasteiger partial charge in [-0.15, -0.1) is 0 Å². The molecule has 94 valence electrons. The Morgan fingerprint density at radius 2 is 2.22 bits per heavy atom. The van der Waals surface area contributed by atoms with Crippen LogP contribution in [0.5, 0.6) is 5.75 Å². The number of aromatic nitrogens is 2. The monoisotopic (exact) mass is 307 g/mol. The summed E-state index contributed by atoms with van der Waals surface area (Å²) in [5.74, 6) is 0.842. The molecule has 0 aliphatic heterocycles. The average Bonchev–Trinajstić information content (AvgIpc) is 2.41. The molecule has 1 aromatic heterocycles. The van der Waals surface area contributed by atoms with Gasteiger partial charge in [-0.2, -0.15) is 10.2 Å².